The molecule has 0 aromatic carbocycles. The van der Waals surface area contributed by atoms with Gasteiger partial charge in [-0.2, -0.15) is 10.2 Å². The molecule has 1 saturated heterocycles. The maximum Gasteiger partial charge on any atom is 0.287 e. The lowest BCUT2D eigenvalue weighted by Gasteiger charge is -2.41. The highest BCUT2D eigenvalue weighted by Gasteiger charge is 2.36. The summed E-state index contributed by atoms with van der Waals surface area (Å²) in [6.07, 6.45) is 5.36. The molecule has 1 aliphatic heterocycles. The summed E-state index contributed by atoms with van der Waals surface area (Å²) >= 11 is 6.20. The first kappa shape index (κ1) is 15.1. The molecule has 0 radical (unpaired) electrons. The molecule has 3 heterocycles. The molecule has 0 saturated carbocycles. The summed E-state index contributed by atoms with van der Waals surface area (Å²) in [7, 11) is 3.45. The minimum atomic E-state index is -0.503. The second-order valence-corrected chi connectivity index (χ2v) is 6.05. The van der Waals surface area contributed by atoms with E-state index in [2.05, 4.69) is 10.2 Å². The van der Waals surface area contributed by atoms with Crippen LogP contribution in [0.2, 0.25) is 5.02 Å². The number of aryl methyl sites for hydroxylation is 2. The topological polar surface area (TPSA) is 65.2 Å². The van der Waals surface area contributed by atoms with Gasteiger partial charge in [-0.05, 0) is 6.92 Å². The quantitative estimate of drug-likeness (QED) is 0.822. The highest BCUT2D eigenvalue weighted by Crippen LogP contribution is 2.32. The van der Waals surface area contributed by atoms with E-state index in [1.165, 1.54) is 4.68 Å². The zero-order valence-electron chi connectivity index (χ0n) is 12.8. The molecular formula is C14H18ClN5O2. The lowest BCUT2D eigenvalue weighted by molar-refractivity contribution is -0.0466. The average Bonchev–Trinajstić information content (AvgIpc) is 2.92. The maximum absolute atomic E-state index is 12.0. The molecule has 0 N–H and O–H groups in total. The number of halogens is 1. The van der Waals surface area contributed by atoms with Gasteiger partial charge < -0.3 is 9.64 Å². The van der Waals surface area contributed by atoms with E-state index in [0.717, 1.165) is 5.56 Å². The normalized spacial score (nSPS) is 22.1. The van der Waals surface area contributed by atoms with Crippen molar-refractivity contribution in [3.05, 3.63) is 39.5 Å². The van der Waals surface area contributed by atoms with Gasteiger partial charge in [0, 0.05) is 32.4 Å². The minimum Gasteiger partial charge on any atom is -0.367 e. The fourth-order valence-electron chi connectivity index (χ4n) is 2.67. The first-order chi connectivity index (χ1) is 10.4. The van der Waals surface area contributed by atoms with Crippen molar-refractivity contribution in [1.82, 2.24) is 19.6 Å². The Kier molecular flexibility index (Phi) is 3.70. The third kappa shape index (κ3) is 2.50. The SMILES string of the molecule is Cn1cc(C2(C)CN(c3cnn(C)c(=O)c3Cl)CCO2)cn1. The molecule has 1 fully saturated rings. The van der Waals surface area contributed by atoms with E-state index in [1.54, 1.807) is 24.1 Å². The first-order valence-electron chi connectivity index (χ1n) is 7.00. The summed E-state index contributed by atoms with van der Waals surface area (Å²) in [5.41, 5.74) is 0.834. The number of ether oxygens (including phenoxy) is 1. The smallest absolute Gasteiger partial charge is 0.287 e. The number of hydrogen-bond donors (Lipinski definition) is 0. The van der Waals surface area contributed by atoms with E-state index in [1.807, 2.05) is 25.1 Å². The molecular weight excluding hydrogens is 306 g/mol. The van der Waals surface area contributed by atoms with Crippen molar-refractivity contribution in [1.29, 1.82) is 0 Å². The molecule has 3 rings (SSSR count). The van der Waals surface area contributed by atoms with Crippen LogP contribution in [0.5, 0.6) is 0 Å². The third-order valence-corrected chi connectivity index (χ3v) is 4.35. The van der Waals surface area contributed by atoms with Crippen molar-refractivity contribution >= 4 is 17.3 Å². The van der Waals surface area contributed by atoms with Gasteiger partial charge in [0.05, 0.1) is 31.2 Å². The van der Waals surface area contributed by atoms with Crippen LogP contribution in [-0.2, 0) is 24.4 Å². The zero-order chi connectivity index (χ0) is 15.9. The van der Waals surface area contributed by atoms with Gasteiger partial charge in [-0.25, -0.2) is 4.68 Å². The third-order valence-electron chi connectivity index (χ3n) is 3.99. The predicted octanol–water partition coefficient (Wildman–Crippen LogP) is 0.919. The Labute approximate surface area is 133 Å². The van der Waals surface area contributed by atoms with E-state index in [0.29, 0.717) is 25.4 Å². The van der Waals surface area contributed by atoms with Crippen molar-refractivity contribution < 1.29 is 4.74 Å². The van der Waals surface area contributed by atoms with Gasteiger partial charge in [-0.1, -0.05) is 11.6 Å². The van der Waals surface area contributed by atoms with Crippen molar-refractivity contribution in [2.45, 2.75) is 12.5 Å². The molecule has 2 aromatic rings. The molecule has 0 spiro atoms. The number of anilines is 1. The van der Waals surface area contributed by atoms with Crippen molar-refractivity contribution in [3.8, 4) is 0 Å². The molecule has 0 bridgehead atoms. The molecule has 0 aliphatic carbocycles. The van der Waals surface area contributed by atoms with Gasteiger partial charge in [0.1, 0.15) is 10.6 Å². The summed E-state index contributed by atoms with van der Waals surface area (Å²) in [5.74, 6) is 0. The van der Waals surface area contributed by atoms with Crippen LogP contribution in [-0.4, -0.2) is 39.3 Å². The van der Waals surface area contributed by atoms with Crippen LogP contribution in [0.3, 0.4) is 0 Å². The highest BCUT2D eigenvalue weighted by molar-refractivity contribution is 6.33. The second kappa shape index (κ2) is 5.40. The molecule has 0 amide bonds. The van der Waals surface area contributed by atoms with Crippen LogP contribution in [0.1, 0.15) is 12.5 Å². The Hall–Kier alpha value is -1.86. The van der Waals surface area contributed by atoms with Crippen molar-refractivity contribution in [3.63, 3.8) is 0 Å². The van der Waals surface area contributed by atoms with Crippen molar-refractivity contribution in [2.24, 2.45) is 14.1 Å². The van der Waals surface area contributed by atoms with Crippen LogP contribution in [0.4, 0.5) is 5.69 Å². The molecule has 8 heteroatoms. The fourth-order valence-corrected chi connectivity index (χ4v) is 2.96. The van der Waals surface area contributed by atoms with E-state index in [9.17, 15) is 4.79 Å². The van der Waals surface area contributed by atoms with Gasteiger partial charge in [0.2, 0.25) is 0 Å². The number of rotatable bonds is 2. The summed E-state index contributed by atoms with van der Waals surface area (Å²) < 4.78 is 8.94. The molecule has 7 nitrogen and oxygen atoms in total. The Morgan fingerprint density at radius 3 is 2.77 bits per heavy atom. The minimum absolute atomic E-state index is 0.188. The van der Waals surface area contributed by atoms with Gasteiger partial charge in [0.15, 0.2) is 0 Å². The Morgan fingerprint density at radius 1 is 1.32 bits per heavy atom. The lowest BCUT2D eigenvalue weighted by atomic mass is 9.97. The first-order valence-corrected chi connectivity index (χ1v) is 7.38. The average molecular weight is 324 g/mol. The largest absolute Gasteiger partial charge is 0.367 e. The lowest BCUT2D eigenvalue weighted by Crippen LogP contribution is -2.48. The molecule has 1 aliphatic rings. The Balaban J connectivity index is 1.94. The zero-order valence-corrected chi connectivity index (χ0v) is 13.5. The van der Waals surface area contributed by atoms with Gasteiger partial charge in [-0.15, -0.1) is 0 Å². The highest BCUT2D eigenvalue weighted by atomic mass is 35.5. The van der Waals surface area contributed by atoms with Gasteiger partial charge >= 0.3 is 0 Å². The maximum atomic E-state index is 12.0. The van der Waals surface area contributed by atoms with E-state index < -0.39 is 5.60 Å². The standard InChI is InChI=1S/C14H18ClN5O2/c1-14(10-6-16-18(2)8-10)9-20(4-5-22-14)11-7-17-19(3)13(21)12(11)15/h6-8H,4-5,9H2,1-3H3. The Morgan fingerprint density at radius 2 is 2.09 bits per heavy atom. The number of nitrogens with zero attached hydrogens (tertiary/aromatic N) is 5. The number of hydrogen-bond acceptors (Lipinski definition) is 5. The van der Waals surface area contributed by atoms with Gasteiger partial charge in [0.25, 0.3) is 5.56 Å². The summed E-state index contributed by atoms with van der Waals surface area (Å²) in [6, 6.07) is 0. The van der Waals surface area contributed by atoms with Crippen LogP contribution in [0, 0.1) is 0 Å². The fraction of sp³-hybridized carbons (Fsp3) is 0.500. The molecule has 1 atom stereocenters. The number of aromatic nitrogens is 4. The number of morpholine rings is 1. The Bertz CT molecular complexity index is 756. The molecule has 22 heavy (non-hydrogen) atoms. The molecule has 118 valence electrons. The van der Waals surface area contributed by atoms with Crippen LogP contribution >= 0.6 is 11.6 Å². The summed E-state index contributed by atoms with van der Waals surface area (Å²) in [5, 5.41) is 8.45. The van der Waals surface area contributed by atoms with Crippen molar-refractivity contribution in [2.75, 3.05) is 24.6 Å². The monoisotopic (exact) mass is 323 g/mol. The van der Waals surface area contributed by atoms with Crippen LogP contribution < -0.4 is 10.5 Å². The van der Waals surface area contributed by atoms with E-state index >= 15 is 0 Å². The predicted molar refractivity (Wildman–Crippen MR) is 83.2 cm³/mol. The van der Waals surface area contributed by atoms with E-state index in [-0.39, 0.29) is 10.6 Å². The molecule has 1 unspecified atom stereocenters. The summed E-state index contributed by atoms with van der Waals surface area (Å²) in [6.45, 7) is 3.78. The van der Waals surface area contributed by atoms with E-state index in [4.69, 9.17) is 16.3 Å². The van der Waals surface area contributed by atoms with Crippen LogP contribution in [0.15, 0.2) is 23.4 Å². The van der Waals surface area contributed by atoms with Crippen LogP contribution in [0.25, 0.3) is 0 Å². The second-order valence-electron chi connectivity index (χ2n) is 5.68. The molecule has 2 aromatic heterocycles. The summed E-state index contributed by atoms with van der Waals surface area (Å²) in [4.78, 5) is 14.0. The van der Waals surface area contributed by atoms with Gasteiger partial charge in [-0.3, -0.25) is 9.48 Å².